The third kappa shape index (κ3) is 6.32. The van der Waals surface area contributed by atoms with Crippen LogP contribution in [0.3, 0.4) is 0 Å². The summed E-state index contributed by atoms with van der Waals surface area (Å²) in [7, 11) is 0. The van der Waals surface area contributed by atoms with E-state index in [1.165, 1.54) is 0 Å². The predicted octanol–water partition coefficient (Wildman–Crippen LogP) is 2.92. The van der Waals surface area contributed by atoms with Crippen molar-refractivity contribution in [3.8, 4) is 0 Å². The van der Waals surface area contributed by atoms with Gasteiger partial charge in [-0.25, -0.2) is 8.78 Å². The second-order valence-corrected chi connectivity index (χ2v) is 4.03. The van der Waals surface area contributed by atoms with Gasteiger partial charge in [-0.3, -0.25) is 4.79 Å². The predicted molar refractivity (Wildman–Crippen MR) is 61.4 cm³/mol. The number of rotatable bonds is 7. The van der Waals surface area contributed by atoms with Crippen LogP contribution in [0.4, 0.5) is 8.78 Å². The Bertz CT molecular complexity index is 269. The number of carbonyl (C=O) groups excluding carboxylic acids is 1. The van der Waals surface area contributed by atoms with E-state index < -0.39 is 5.92 Å². The van der Waals surface area contributed by atoms with E-state index in [1.807, 2.05) is 0 Å². The molecular formula is C12H19F2NO. The topological polar surface area (TPSA) is 29.1 Å². The minimum absolute atomic E-state index is 0.234. The first-order valence-electron chi connectivity index (χ1n) is 5.23. The van der Waals surface area contributed by atoms with Crippen LogP contribution in [0.2, 0.25) is 0 Å². The van der Waals surface area contributed by atoms with Crippen molar-refractivity contribution in [3.05, 3.63) is 24.8 Å². The Kier molecular flexibility index (Phi) is 5.93. The average molecular weight is 231 g/mol. The number of hydrogen-bond donors (Lipinski definition) is 1. The Labute approximate surface area is 95.4 Å². The maximum Gasteiger partial charge on any atom is 0.247 e. The lowest BCUT2D eigenvalue weighted by Gasteiger charge is -2.16. The minimum Gasteiger partial charge on any atom is -0.349 e. The summed E-state index contributed by atoms with van der Waals surface area (Å²) < 4.78 is 25.2. The molecular weight excluding hydrogens is 212 g/mol. The van der Waals surface area contributed by atoms with E-state index in [0.29, 0.717) is 12.1 Å². The van der Waals surface area contributed by atoms with E-state index in [9.17, 15) is 13.6 Å². The molecule has 0 rings (SSSR count). The first kappa shape index (κ1) is 14.8. The minimum atomic E-state index is -2.69. The third-order valence-corrected chi connectivity index (χ3v) is 2.31. The van der Waals surface area contributed by atoms with Crippen LogP contribution >= 0.6 is 0 Å². The van der Waals surface area contributed by atoms with Gasteiger partial charge in [0, 0.05) is 18.5 Å². The summed E-state index contributed by atoms with van der Waals surface area (Å²) in [4.78, 5) is 11.4. The Morgan fingerprint density at radius 2 is 2.12 bits per heavy atom. The second kappa shape index (κ2) is 6.40. The Balaban J connectivity index is 4.08. The quantitative estimate of drug-likeness (QED) is 0.529. The molecule has 0 aromatic rings. The van der Waals surface area contributed by atoms with Crippen molar-refractivity contribution in [2.24, 2.45) is 5.92 Å². The highest BCUT2D eigenvalue weighted by atomic mass is 19.3. The van der Waals surface area contributed by atoms with Crippen LogP contribution < -0.4 is 5.32 Å². The lowest BCUT2D eigenvalue weighted by Crippen LogP contribution is -2.27. The molecule has 0 saturated carbocycles. The van der Waals surface area contributed by atoms with Crippen molar-refractivity contribution < 1.29 is 13.6 Å². The number of alkyl halides is 2. The molecule has 1 amide bonds. The normalized spacial score (nSPS) is 13.0. The Morgan fingerprint density at radius 1 is 1.56 bits per heavy atom. The molecule has 1 atom stereocenters. The van der Waals surface area contributed by atoms with E-state index in [4.69, 9.17) is 0 Å². The molecule has 0 aromatic carbocycles. The van der Waals surface area contributed by atoms with Gasteiger partial charge in [0.25, 0.3) is 0 Å². The highest BCUT2D eigenvalue weighted by molar-refractivity contribution is 5.93. The molecule has 0 bridgehead atoms. The average Bonchev–Trinajstić information content (AvgIpc) is 2.20. The number of halogens is 2. The molecule has 16 heavy (non-hydrogen) atoms. The van der Waals surface area contributed by atoms with Crippen LogP contribution in [0.1, 0.15) is 26.7 Å². The summed E-state index contributed by atoms with van der Waals surface area (Å²) in [6.45, 7) is 10.0. The molecule has 0 aliphatic heterocycles. The van der Waals surface area contributed by atoms with Gasteiger partial charge in [-0.2, -0.15) is 0 Å². The maximum atomic E-state index is 12.6. The SMILES string of the molecule is C=CCNC(=O)C(=C)C(C)CCC(C)(F)F. The summed E-state index contributed by atoms with van der Waals surface area (Å²) >= 11 is 0. The standard InChI is InChI=1S/C12H19F2NO/c1-5-8-15-11(16)10(3)9(2)6-7-12(4,13)14/h5,9H,1,3,6-8H2,2,4H3,(H,15,16). The lowest BCUT2D eigenvalue weighted by molar-refractivity contribution is -0.117. The van der Waals surface area contributed by atoms with Crippen LogP contribution in [-0.4, -0.2) is 18.4 Å². The molecule has 1 N–H and O–H groups in total. The first-order chi connectivity index (χ1) is 7.28. The van der Waals surface area contributed by atoms with Gasteiger partial charge in [0.2, 0.25) is 11.8 Å². The van der Waals surface area contributed by atoms with Crippen molar-refractivity contribution >= 4 is 5.91 Å². The largest absolute Gasteiger partial charge is 0.349 e. The van der Waals surface area contributed by atoms with Crippen molar-refractivity contribution in [1.29, 1.82) is 0 Å². The van der Waals surface area contributed by atoms with Gasteiger partial charge in [0.05, 0.1) is 0 Å². The first-order valence-corrected chi connectivity index (χ1v) is 5.23. The van der Waals surface area contributed by atoms with Gasteiger partial charge in [-0.05, 0) is 19.3 Å². The fourth-order valence-electron chi connectivity index (χ4n) is 1.15. The van der Waals surface area contributed by atoms with Gasteiger partial charge in [-0.15, -0.1) is 6.58 Å². The zero-order chi connectivity index (χ0) is 12.8. The van der Waals surface area contributed by atoms with E-state index in [2.05, 4.69) is 18.5 Å². The zero-order valence-corrected chi connectivity index (χ0v) is 9.85. The number of amides is 1. The molecule has 0 spiro atoms. The molecule has 0 aliphatic rings. The van der Waals surface area contributed by atoms with Crippen LogP contribution in [0, 0.1) is 5.92 Å². The van der Waals surface area contributed by atoms with Crippen LogP contribution in [0.15, 0.2) is 24.8 Å². The molecule has 1 unspecified atom stereocenters. The summed E-state index contributed by atoms with van der Waals surface area (Å²) in [5, 5.41) is 2.57. The maximum absolute atomic E-state index is 12.6. The highest BCUT2D eigenvalue weighted by Gasteiger charge is 2.23. The van der Waals surface area contributed by atoms with Gasteiger partial charge in [0.1, 0.15) is 0 Å². The fourth-order valence-corrected chi connectivity index (χ4v) is 1.15. The van der Waals surface area contributed by atoms with E-state index in [0.717, 1.165) is 6.92 Å². The van der Waals surface area contributed by atoms with E-state index in [-0.39, 0.29) is 24.7 Å². The number of nitrogens with one attached hydrogen (secondary N) is 1. The van der Waals surface area contributed by atoms with Crippen molar-refractivity contribution in [2.45, 2.75) is 32.6 Å². The number of hydrogen-bond acceptors (Lipinski definition) is 1. The van der Waals surface area contributed by atoms with Gasteiger partial charge < -0.3 is 5.32 Å². The van der Waals surface area contributed by atoms with Gasteiger partial charge in [0.15, 0.2) is 0 Å². The molecule has 2 nitrogen and oxygen atoms in total. The second-order valence-electron chi connectivity index (χ2n) is 4.03. The zero-order valence-electron chi connectivity index (χ0n) is 9.85. The smallest absolute Gasteiger partial charge is 0.247 e. The van der Waals surface area contributed by atoms with Crippen LogP contribution in [0.5, 0.6) is 0 Å². The van der Waals surface area contributed by atoms with Crippen LogP contribution in [-0.2, 0) is 4.79 Å². The van der Waals surface area contributed by atoms with Crippen molar-refractivity contribution in [3.63, 3.8) is 0 Å². The molecule has 4 heteroatoms. The fraction of sp³-hybridized carbons (Fsp3) is 0.583. The summed E-state index contributed by atoms with van der Waals surface area (Å²) in [6, 6.07) is 0. The number of carbonyl (C=O) groups is 1. The van der Waals surface area contributed by atoms with Gasteiger partial charge >= 0.3 is 0 Å². The summed E-state index contributed by atoms with van der Waals surface area (Å²) in [5.74, 6) is -3.23. The van der Waals surface area contributed by atoms with Crippen molar-refractivity contribution in [1.82, 2.24) is 5.32 Å². The summed E-state index contributed by atoms with van der Waals surface area (Å²) in [6.07, 6.45) is 1.57. The molecule has 0 saturated heterocycles. The molecule has 0 fully saturated rings. The van der Waals surface area contributed by atoms with E-state index in [1.54, 1.807) is 13.0 Å². The highest BCUT2D eigenvalue weighted by Crippen LogP contribution is 2.24. The molecule has 92 valence electrons. The Hall–Kier alpha value is -1.19. The lowest BCUT2D eigenvalue weighted by atomic mass is 9.95. The van der Waals surface area contributed by atoms with Gasteiger partial charge in [-0.1, -0.05) is 19.6 Å². The monoisotopic (exact) mass is 231 g/mol. The van der Waals surface area contributed by atoms with Crippen molar-refractivity contribution in [2.75, 3.05) is 6.54 Å². The molecule has 0 aromatic heterocycles. The third-order valence-electron chi connectivity index (χ3n) is 2.31. The molecule has 0 radical (unpaired) electrons. The van der Waals surface area contributed by atoms with Crippen LogP contribution in [0.25, 0.3) is 0 Å². The van der Waals surface area contributed by atoms with E-state index >= 15 is 0 Å². The summed E-state index contributed by atoms with van der Waals surface area (Å²) in [5.41, 5.74) is 0.339. The molecule has 0 aliphatic carbocycles. The molecule has 0 heterocycles. The Morgan fingerprint density at radius 3 is 2.56 bits per heavy atom.